The number of hydrogen-bond acceptors (Lipinski definition) is 4. The van der Waals surface area contributed by atoms with Gasteiger partial charge in [0.05, 0.1) is 24.0 Å². The highest BCUT2D eigenvalue weighted by Crippen LogP contribution is 2.65. The third-order valence-corrected chi connectivity index (χ3v) is 9.76. The fourth-order valence-electron chi connectivity index (χ4n) is 7.88. The molecule has 10 heteroatoms. The molecule has 2 aromatic carbocycles. The van der Waals surface area contributed by atoms with Crippen LogP contribution in [0.5, 0.6) is 5.75 Å². The van der Waals surface area contributed by atoms with Gasteiger partial charge in [0, 0.05) is 23.5 Å². The van der Waals surface area contributed by atoms with Crippen LogP contribution in [-0.4, -0.2) is 40.8 Å². The molecule has 0 radical (unpaired) electrons. The van der Waals surface area contributed by atoms with Crippen molar-refractivity contribution in [3.05, 3.63) is 41.5 Å². The van der Waals surface area contributed by atoms with E-state index >= 15 is 0 Å². The third-order valence-electron chi connectivity index (χ3n) is 9.76. The first-order chi connectivity index (χ1) is 19.3. The molecule has 6 rings (SSSR count). The van der Waals surface area contributed by atoms with Crippen molar-refractivity contribution < 1.29 is 40.6 Å². The largest absolute Gasteiger partial charge is 0.490 e. The van der Waals surface area contributed by atoms with Crippen LogP contribution in [0.1, 0.15) is 76.3 Å². The Bertz CT molecular complexity index is 1320. The average Bonchev–Trinajstić information content (AvgIpc) is 3.51. The van der Waals surface area contributed by atoms with E-state index in [1.165, 1.54) is 6.07 Å². The second kappa shape index (κ2) is 10.1. The summed E-state index contributed by atoms with van der Waals surface area (Å²) in [6.45, 7) is 3.97. The van der Waals surface area contributed by atoms with Crippen molar-refractivity contribution in [1.82, 2.24) is 4.90 Å². The van der Waals surface area contributed by atoms with Crippen LogP contribution in [0.2, 0.25) is 0 Å². The summed E-state index contributed by atoms with van der Waals surface area (Å²) in [5.41, 5.74) is -0.507. The number of ether oxygens (including phenoxy) is 2. The lowest BCUT2D eigenvalue weighted by Gasteiger charge is -2.42. The van der Waals surface area contributed by atoms with Gasteiger partial charge in [-0.3, -0.25) is 9.69 Å². The molecule has 0 aromatic heterocycles. The van der Waals surface area contributed by atoms with Crippen LogP contribution in [-0.2, 0) is 22.3 Å². The first kappa shape index (κ1) is 28.6. The number of halogens is 6. The molecule has 2 aliphatic heterocycles. The Balaban J connectivity index is 1.28. The second-order valence-corrected chi connectivity index (χ2v) is 12.7. The zero-order valence-corrected chi connectivity index (χ0v) is 23.2. The van der Waals surface area contributed by atoms with Gasteiger partial charge in [0.2, 0.25) is 0 Å². The van der Waals surface area contributed by atoms with Gasteiger partial charge in [0.1, 0.15) is 11.3 Å². The first-order valence-electron chi connectivity index (χ1n) is 14.6. The normalized spacial score (nSPS) is 31.8. The smallest absolute Gasteiger partial charge is 0.420 e. The summed E-state index contributed by atoms with van der Waals surface area (Å²) in [5.74, 6) is -1.71. The zero-order valence-electron chi connectivity index (χ0n) is 23.2. The summed E-state index contributed by atoms with van der Waals surface area (Å²) in [6.07, 6.45) is -6.96. The van der Waals surface area contributed by atoms with E-state index in [9.17, 15) is 31.1 Å². The number of fused-ring (bicyclic) bond motifs is 2. The lowest BCUT2D eigenvalue weighted by Crippen LogP contribution is -2.48. The molecule has 2 saturated carbocycles. The van der Waals surface area contributed by atoms with E-state index in [4.69, 9.17) is 9.47 Å². The molecule has 2 heterocycles. The van der Waals surface area contributed by atoms with Crippen molar-refractivity contribution >= 4 is 16.7 Å². The minimum absolute atomic E-state index is 0.0565. The van der Waals surface area contributed by atoms with E-state index in [1.54, 1.807) is 24.3 Å². The van der Waals surface area contributed by atoms with Gasteiger partial charge in [0.15, 0.2) is 0 Å². The van der Waals surface area contributed by atoms with E-state index in [0.29, 0.717) is 36.3 Å². The molecule has 4 nitrogen and oxygen atoms in total. The predicted molar refractivity (Wildman–Crippen MR) is 140 cm³/mol. The van der Waals surface area contributed by atoms with Crippen LogP contribution in [0.25, 0.3) is 10.8 Å². The quantitative estimate of drug-likeness (QED) is 0.255. The molecule has 0 N–H and O–H groups in total. The molecule has 4 aliphatic rings. The summed E-state index contributed by atoms with van der Waals surface area (Å²) >= 11 is 0. The Hall–Kier alpha value is -2.49. The summed E-state index contributed by atoms with van der Waals surface area (Å²) in [4.78, 5) is 15.0. The van der Waals surface area contributed by atoms with Crippen molar-refractivity contribution in [1.29, 1.82) is 0 Å². The summed E-state index contributed by atoms with van der Waals surface area (Å²) in [6, 6.07) is 8.13. The Labute approximate surface area is 235 Å². The van der Waals surface area contributed by atoms with Gasteiger partial charge in [-0.2, -0.15) is 26.3 Å². The molecular formula is C31H35F6NO3. The van der Waals surface area contributed by atoms with Gasteiger partial charge in [-0.15, -0.1) is 0 Å². The number of esters is 1. The molecule has 2 aliphatic carbocycles. The number of carbonyl (C=O) groups excluding carboxylic acids is 1. The number of benzene rings is 2. The molecule has 1 spiro atoms. The van der Waals surface area contributed by atoms with Crippen molar-refractivity contribution in [2.45, 2.75) is 108 Å². The Morgan fingerprint density at radius 3 is 2.37 bits per heavy atom. The predicted octanol–water partition coefficient (Wildman–Crippen LogP) is 8.05. The van der Waals surface area contributed by atoms with Crippen LogP contribution in [0.3, 0.4) is 0 Å². The molecule has 224 valence electrons. The minimum atomic E-state index is -4.72. The number of hydrogen-bond donors (Lipinski definition) is 0. The number of alkyl halides is 6. The average molecular weight is 584 g/mol. The van der Waals surface area contributed by atoms with Gasteiger partial charge in [-0.1, -0.05) is 24.3 Å². The van der Waals surface area contributed by atoms with E-state index in [2.05, 4.69) is 4.90 Å². The highest BCUT2D eigenvalue weighted by atomic mass is 19.4. The van der Waals surface area contributed by atoms with E-state index in [-0.39, 0.29) is 66.4 Å². The van der Waals surface area contributed by atoms with E-state index < -0.39 is 29.9 Å². The maximum absolute atomic E-state index is 14.7. The molecule has 2 saturated heterocycles. The molecule has 0 amide bonds. The van der Waals surface area contributed by atoms with Gasteiger partial charge in [0.25, 0.3) is 0 Å². The SMILES string of the molecule is CC(C)OC(=O)C1CC2CC3CC3(C1)N2Cc1cccc2ccc(OC3CCC(C(F)(F)F)CC3)c(C(F)(F)F)c12. The molecule has 4 atom stereocenters. The number of piperidine rings is 2. The number of nitrogens with zero attached hydrogens (tertiary/aromatic N) is 1. The van der Waals surface area contributed by atoms with Crippen molar-refractivity contribution in [2.75, 3.05) is 0 Å². The standard InChI is InChI=1S/C31H35F6NO3/c1-17(2)40-28(39)20-12-23-13-22-15-29(22,14-20)38(23)16-19-5-3-4-18-6-11-25(27(26(18)19)31(35,36)37)41-24-9-7-21(8-10-24)30(32,33)34/h3-6,11,17,20-24H,7-10,12-16H2,1-2H3. The molecule has 2 bridgehead atoms. The van der Waals surface area contributed by atoms with Gasteiger partial charge < -0.3 is 9.47 Å². The van der Waals surface area contributed by atoms with E-state index in [1.807, 2.05) is 13.8 Å². The van der Waals surface area contributed by atoms with Crippen LogP contribution < -0.4 is 4.74 Å². The number of rotatable bonds is 6. The summed E-state index contributed by atoms with van der Waals surface area (Å²) < 4.78 is 94.8. The molecule has 41 heavy (non-hydrogen) atoms. The Morgan fingerprint density at radius 1 is 1.00 bits per heavy atom. The maximum Gasteiger partial charge on any atom is 0.420 e. The minimum Gasteiger partial charge on any atom is -0.490 e. The fourth-order valence-corrected chi connectivity index (χ4v) is 7.88. The first-order valence-corrected chi connectivity index (χ1v) is 14.6. The van der Waals surface area contributed by atoms with Gasteiger partial charge in [-0.25, -0.2) is 0 Å². The highest BCUT2D eigenvalue weighted by molar-refractivity contribution is 5.91. The molecular weight excluding hydrogens is 548 g/mol. The Kier molecular flexibility index (Phi) is 7.02. The summed E-state index contributed by atoms with van der Waals surface area (Å²) in [5, 5.41) is 0.520. The third kappa shape index (κ3) is 5.30. The lowest BCUT2D eigenvalue weighted by molar-refractivity contribution is -0.185. The lowest BCUT2D eigenvalue weighted by atomic mass is 9.86. The fraction of sp³-hybridized carbons (Fsp3) is 0.645. The van der Waals surface area contributed by atoms with Crippen molar-refractivity contribution in [3.63, 3.8) is 0 Å². The molecule has 4 unspecified atom stereocenters. The number of carbonyl (C=O) groups is 1. The maximum atomic E-state index is 14.7. The monoisotopic (exact) mass is 583 g/mol. The highest BCUT2D eigenvalue weighted by Gasteiger charge is 2.68. The van der Waals surface area contributed by atoms with Crippen LogP contribution >= 0.6 is 0 Å². The van der Waals surface area contributed by atoms with Crippen molar-refractivity contribution in [3.8, 4) is 5.75 Å². The topological polar surface area (TPSA) is 38.8 Å². The second-order valence-electron chi connectivity index (χ2n) is 12.7. The zero-order chi connectivity index (χ0) is 29.3. The van der Waals surface area contributed by atoms with Crippen molar-refractivity contribution in [2.24, 2.45) is 17.8 Å². The van der Waals surface area contributed by atoms with Crippen LogP contribution in [0, 0.1) is 17.8 Å². The van der Waals surface area contributed by atoms with Gasteiger partial charge in [-0.05, 0) is 88.1 Å². The summed E-state index contributed by atoms with van der Waals surface area (Å²) in [7, 11) is 0. The van der Waals surface area contributed by atoms with E-state index in [0.717, 1.165) is 12.8 Å². The van der Waals surface area contributed by atoms with Gasteiger partial charge >= 0.3 is 18.3 Å². The molecule has 2 aromatic rings. The Morgan fingerprint density at radius 2 is 1.73 bits per heavy atom. The van der Waals surface area contributed by atoms with Crippen LogP contribution in [0.15, 0.2) is 30.3 Å². The molecule has 4 fully saturated rings. The van der Waals surface area contributed by atoms with Crippen LogP contribution in [0.4, 0.5) is 26.3 Å².